The van der Waals surface area contributed by atoms with E-state index in [1.165, 1.54) is 13.2 Å². The predicted molar refractivity (Wildman–Crippen MR) is 72.6 cm³/mol. The molecule has 9 nitrogen and oxygen atoms in total. The Kier molecular flexibility index (Phi) is 5.39. The van der Waals surface area contributed by atoms with Gasteiger partial charge in [-0.3, -0.25) is 16.0 Å². The van der Waals surface area contributed by atoms with Crippen molar-refractivity contribution in [3.05, 3.63) is 28.3 Å². The number of sulfonamides is 1. The van der Waals surface area contributed by atoms with E-state index in [0.29, 0.717) is 0 Å². The molecule has 1 unspecified atom stereocenters. The van der Waals surface area contributed by atoms with E-state index in [2.05, 4.69) is 10.1 Å². The molecule has 0 saturated heterocycles. The summed E-state index contributed by atoms with van der Waals surface area (Å²) in [6.07, 6.45) is -0.335. The minimum atomic E-state index is -3.94. The maximum Gasteiger partial charge on any atom is 0.270 e. The van der Waals surface area contributed by atoms with Crippen molar-refractivity contribution in [1.82, 2.24) is 4.72 Å². The van der Waals surface area contributed by atoms with Crippen LogP contribution in [-0.4, -0.2) is 33.1 Å². The van der Waals surface area contributed by atoms with Gasteiger partial charge in [0.2, 0.25) is 10.0 Å². The van der Waals surface area contributed by atoms with Crippen molar-refractivity contribution in [3.8, 4) is 0 Å². The number of nitrogen functional groups attached to an aromatic ring is 1. The van der Waals surface area contributed by atoms with E-state index < -0.39 is 14.9 Å². The summed E-state index contributed by atoms with van der Waals surface area (Å²) in [5, 5.41) is 10.7. The van der Waals surface area contributed by atoms with Crippen LogP contribution in [0.5, 0.6) is 0 Å². The van der Waals surface area contributed by atoms with Crippen molar-refractivity contribution in [2.45, 2.75) is 17.9 Å². The Hall–Kier alpha value is -1.75. The van der Waals surface area contributed by atoms with Gasteiger partial charge in [0.15, 0.2) is 0 Å². The van der Waals surface area contributed by atoms with Crippen LogP contribution in [0.3, 0.4) is 0 Å². The summed E-state index contributed by atoms with van der Waals surface area (Å²) in [5.41, 5.74) is 1.92. The fourth-order valence-corrected chi connectivity index (χ4v) is 2.66. The molecule has 0 bridgehead atoms. The zero-order valence-electron chi connectivity index (χ0n) is 11.0. The van der Waals surface area contributed by atoms with Gasteiger partial charge in [0.05, 0.1) is 16.7 Å². The number of anilines is 1. The third kappa shape index (κ3) is 3.87. The molecular weight excluding hydrogens is 288 g/mol. The first kappa shape index (κ1) is 16.3. The quantitative estimate of drug-likeness (QED) is 0.371. The molecule has 1 aromatic rings. The lowest BCUT2D eigenvalue weighted by atomic mass is 10.3. The summed E-state index contributed by atoms with van der Waals surface area (Å²) in [7, 11) is -2.50. The van der Waals surface area contributed by atoms with E-state index >= 15 is 0 Å². The Morgan fingerprint density at radius 1 is 1.50 bits per heavy atom. The molecule has 0 radical (unpaired) electrons. The molecule has 0 aliphatic rings. The van der Waals surface area contributed by atoms with Crippen LogP contribution in [0.2, 0.25) is 0 Å². The fraction of sp³-hybridized carbons (Fsp3) is 0.400. The van der Waals surface area contributed by atoms with Crippen molar-refractivity contribution in [1.29, 1.82) is 0 Å². The summed E-state index contributed by atoms with van der Waals surface area (Å²) in [6.45, 7) is 1.71. The van der Waals surface area contributed by atoms with Crippen molar-refractivity contribution in [2.24, 2.45) is 5.84 Å². The van der Waals surface area contributed by atoms with Crippen LogP contribution in [0, 0.1) is 10.1 Å². The van der Waals surface area contributed by atoms with E-state index in [-0.39, 0.29) is 28.9 Å². The molecule has 112 valence electrons. The SMILES string of the molecule is COC(C)CNS(=O)(=O)c1cc([N+](=O)[O-])ccc1NN. The molecule has 1 aromatic carbocycles. The van der Waals surface area contributed by atoms with Gasteiger partial charge in [-0.05, 0) is 13.0 Å². The molecule has 4 N–H and O–H groups in total. The highest BCUT2D eigenvalue weighted by molar-refractivity contribution is 7.89. The van der Waals surface area contributed by atoms with Crippen molar-refractivity contribution in [2.75, 3.05) is 19.1 Å². The topological polar surface area (TPSA) is 137 Å². The average Bonchev–Trinajstić information content (AvgIpc) is 2.43. The number of rotatable bonds is 7. The number of benzene rings is 1. The standard InChI is InChI=1S/C10H16N4O5S/c1-7(19-2)6-12-20(17,18)10-5-8(14(15)16)3-4-9(10)13-11/h3-5,7,12-13H,6,11H2,1-2H3. The molecule has 0 amide bonds. The number of methoxy groups -OCH3 is 1. The maximum atomic E-state index is 12.1. The lowest BCUT2D eigenvalue weighted by Crippen LogP contribution is -2.32. The number of nitro benzene ring substituents is 1. The van der Waals surface area contributed by atoms with Crippen LogP contribution in [-0.2, 0) is 14.8 Å². The zero-order chi connectivity index (χ0) is 15.3. The largest absolute Gasteiger partial charge is 0.380 e. The van der Waals surface area contributed by atoms with Gasteiger partial charge in [-0.25, -0.2) is 13.1 Å². The van der Waals surface area contributed by atoms with Crippen LogP contribution in [0.1, 0.15) is 6.92 Å². The second kappa shape index (κ2) is 6.61. The van der Waals surface area contributed by atoms with Crippen LogP contribution in [0.15, 0.2) is 23.1 Å². The Bertz CT molecular complexity index is 589. The summed E-state index contributed by atoms with van der Waals surface area (Å²) in [6, 6.07) is 3.33. The predicted octanol–water partition coefficient (Wildman–Crippen LogP) is 0.194. The van der Waals surface area contributed by atoms with Gasteiger partial charge in [0, 0.05) is 25.8 Å². The number of hydrogen-bond acceptors (Lipinski definition) is 7. The van der Waals surface area contributed by atoms with Gasteiger partial charge < -0.3 is 10.2 Å². The van der Waals surface area contributed by atoms with Crippen molar-refractivity contribution in [3.63, 3.8) is 0 Å². The van der Waals surface area contributed by atoms with Crippen LogP contribution < -0.4 is 16.0 Å². The average molecular weight is 304 g/mol. The molecule has 0 saturated carbocycles. The molecule has 20 heavy (non-hydrogen) atoms. The van der Waals surface area contributed by atoms with Crippen molar-refractivity contribution < 1.29 is 18.1 Å². The Balaban J connectivity index is 3.14. The minimum absolute atomic E-state index is 0.0333. The number of nitrogens with one attached hydrogen (secondary N) is 2. The Labute approximate surface area is 116 Å². The highest BCUT2D eigenvalue weighted by Gasteiger charge is 2.22. The van der Waals surface area contributed by atoms with Gasteiger partial charge in [0.1, 0.15) is 4.90 Å². The number of non-ortho nitro benzene ring substituents is 1. The summed E-state index contributed by atoms with van der Waals surface area (Å²) in [5.74, 6) is 5.22. The number of nitro groups is 1. The molecule has 0 fully saturated rings. The minimum Gasteiger partial charge on any atom is -0.380 e. The van der Waals surface area contributed by atoms with Gasteiger partial charge in [-0.1, -0.05) is 0 Å². The molecule has 0 spiro atoms. The highest BCUT2D eigenvalue weighted by Crippen LogP contribution is 2.25. The zero-order valence-corrected chi connectivity index (χ0v) is 11.8. The van der Waals surface area contributed by atoms with Gasteiger partial charge in [-0.15, -0.1) is 0 Å². The van der Waals surface area contributed by atoms with E-state index in [9.17, 15) is 18.5 Å². The Morgan fingerprint density at radius 2 is 2.15 bits per heavy atom. The van der Waals surface area contributed by atoms with Gasteiger partial charge in [0.25, 0.3) is 5.69 Å². The lowest BCUT2D eigenvalue weighted by molar-refractivity contribution is -0.385. The Morgan fingerprint density at radius 3 is 2.65 bits per heavy atom. The lowest BCUT2D eigenvalue weighted by Gasteiger charge is -2.13. The molecule has 0 aromatic heterocycles. The molecule has 0 aliphatic carbocycles. The number of ether oxygens (including phenoxy) is 1. The number of hydrazine groups is 1. The number of nitrogens with zero attached hydrogens (tertiary/aromatic N) is 1. The van der Waals surface area contributed by atoms with Crippen LogP contribution >= 0.6 is 0 Å². The number of hydrogen-bond donors (Lipinski definition) is 3. The molecular formula is C10H16N4O5S. The second-order valence-corrected chi connectivity index (χ2v) is 5.72. The van der Waals surface area contributed by atoms with Crippen LogP contribution in [0.4, 0.5) is 11.4 Å². The first-order valence-corrected chi connectivity index (χ1v) is 7.07. The number of nitrogens with two attached hydrogens (primary N) is 1. The van der Waals surface area contributed by atoms with Gasteiger partial charge >= 0.3 is 0 Å². The van der Waals surface area contributed by atoms with Crippen molar-refractivity contribution >= 4 is 21.4 Å². The van der Waals surface area contributed by atoms with E-state index in [4.69, 9.17) is 10.6 Å². The first-order valence-electron chi connectivity index (χ1n) is 5.59. The molecule has 1 atom stereocenters. The first-order chi connectivity index (χ1) is 9.31. The highest BCUT2D eigenvalue weighted by atomic mass is 32.2. The fourth-order valence-electron chi connectivity index (χ4n) is 1.35. The maximum absolute atomic E-state index is 12.1. The summed E-state index contributed by atoms with van der Waals surface area (Å²) < 4.78 is 31.5. The molecule has 0 aliphatic heterocycles. The molecule has 10 heteroatoms. The summed E-state index contributed by atoms with van der Waals surface area (Å²) >= 11 is 0. The molecule has 1 rings (SSSR count). The smallest absolute Gasteiger partial charge is 0.270 e. The van der Waals surface area contributed by atoms with Crippen LogP contribution in [0.25, 0.3) is 0 Å². The normalized spacial score (nSPS) is 12.9. The second-order valence-electron chi connectivity index (χ2n) is 3.98. The molecule has 0 heterocycles. The third-order valence-corrected chi connectivity index (χ3v) is 4.05. The summed E-state index contributed by atoms with van der Waals surface area (Å²) in [4.78, 5) is 9.73. The van der Waals surface area contributed by atoms with E-state index in [1.54, 1.807) is 6.92 Å². The van der Waals surface area contributed by atoms with Gasteiger partial charge in [-0.2, -0.15) is 0 Å². The third-order valence-electron chi connectivity index (χ3n) is 2.58. The van der Waals surface area contributed by atoms with E-state index in [0.717, 1.165) is 12.1 Å². The van der Waals surface area contributed by atoms with E-state index in [1.807, 2.05) is 0 Å². The monoisotopic (exact) mass is 304 g/mol.